The van der Waals surface area contributed by atoms with E-state index in [2.05, 4.69) is 15.9 Å². The lowest BCUT2D eigenvalue weighted by atomic mass is 10.2. The Bertz CT molecular complexity index is 599. The first-order chi connectivity index (χ1) is 9.06. The van der Waals surface area contributed by atoms with Crippen LogP contribution in [0.15, 0.2) is 46.9 Å². The van der Waals surface area contributed by atoms with Gasteiger partial charge in [-0.05, 0) is 35.9 Å². The van der Waals surface area contributed by atoms with Gasteiger partial charge in [0.15, 0.2) is 0 Å². The Morgan fingerprint density at radius 2 is 1.89 bits per heavy atom. The minimum Gasteiger partial charge on any atom is -0.487 e. The van der Waals surface area contributed by atoms with Crippen molar-refractivity contribution in [3.8, 4) is 5.75 Å². The van der Waals surface area contributed by atoms with Gasteiger partial charge < -0.3 is 10.5 Å². The van der Waals surface area contributed by atoms with Crippen molar-refractivity contribution in [2.75, 3.05) is 0 Å². The molecule has 0 aliphatic carbocycles. The molecule has 0 atom stereocenters. The normalized spacial score (nSPS) is 10.2. The van der Waals surface area contributed by atoms with Gasteiger partial charge in [-0.25, -0.2) is 0 Å². The third-order valence-corrected chi connectivity index (χ3v) is 3.35. The minimum atomic E-state index is -0.513. The van der Waals surface area contributed by atoms with E-state index in [1.165, 1.54) is 6.07 Å². The van der Waals surface area contributed by atoms with Crippen LogP contribution in [0.4, 0.5) is 0 Å². The fourth-order valence-corrected chi connectivity index (χ4v) is 2.01. The molecule has 0 fully saturated rings. The summed E-state index contributed by atoms with van der Waals surface area (Å²) in [7, 11) is 0. The molecule has 0 aliphatic rings. The molecule has 2 aromatic rings. The van der Waals surface area contributed by atoms with Crippen molar-refractivity contribution < 1.29 is 9.53 Å². The molecule has 0 unspecified atom stereocenters. The number of hydrogen-bond acceptors (Lipinski definition) is 2. The van der Waals surface area contributed by atoms with Crippen LogP contribution in [0.1, 0.15) is 15.9 Å². The number of halogens is 2. The highest BCUT2D eigenvalue weighted by atomic mass is 79.9. The van der Waals surface area contributed by atoms with E-state index in [0.29, 0.717) is 22.9 Å². The molecule has 0 radical (unpaired) electrons. The molecule has 2 N–H and O–H groups in total. The van der Waals surface area contributed by atoms with Crippen molar-refractivity contribution >= 4 is 33.4 Å². The molecule has 0 spiro atoms. The molecule has 2 aromatic carbocycles. The average molecular weight is 341 g/mol. The quantitative estimate of drug-likeness (QED) is 0.921. The molecule has 1 amide bonds. The molecule has 0 aliphatic heterocycles. The number of carbonyl (C=O) groups excluding carboxylic acids is 1. The topological polar surface area (TPSA) is 52.3 Å². The highest BCUT2D eigenvalue weighted by Crippen LogP contribution is 2.26. The van der Waals surface area contributed by atoms with Crippen molar-refractivity contribution in [2.45, 2.75) is 6.61 Å². The third kappa shape index (κ3) is 3.72. The summed E-state index contributed by atoms with van der Waals surface area (Å²) >= 11 is 9.39. The summed E-state index contributed by atoms with van der Waals surface area (Å²) < 4.78 is 6.61. The van der Waals surface area contributed by atoms with Crippen LogP contribution in [0, 0.1) is 0 Å². The lowest BCUT2D eigenvalue weighted by Gasteiger charge is -2.09. The molecule has 3 nitrogen and oxygen atoms in total. The number of benzene rings is 2. The molecule has 5 heteroatoms. The van der Waals surface area contributed by atoms with Crippen molar-refractivity contribution in [2.24, 2.45) is 5.73 Å². The van der Waals surface area contributed by atoms with Crippen LogP contribution in [0.2, 0.25) is 5.02 Å². The van der Waals surface area contributed by atoms with E-state index < -0.39 is 5.91 Å². The summed E-state index contributed by atoms with van der Waals surface area (Å²) in [5.41, 5.74) is 6.56. The number of primary amides is 1. The maximum atomic E-state index is 11.0. The van der Waals surface area contributed by atoms with E-state index >= 15 is 0 Å². The van der Waals surface area contributed by atoms with Gasteiger partial charge in [-0.15, -0.1) is 0 Å². The van der Waals surface area contributed by atoms with Crippen molar-refractivity contribution in [3.05, 3.63) is 63.1 Å². The molecule has 0 aromatic heterocycles. The van der Waals surface area contributed by atoms with Crippen LogP contribution >= 0.6 is 27.5 Å². The summed E-state index contributed by atoms with van der Waals surface area (Å²) in [6, 6.07) is 12.5. The molecule has 0 saturated heterocycles. The third-order valence-electron chi connectivity index (χ3n) is 2.52. The number of carbonyl (C=O) groups is 1. The Kier molecular flexibility index (Phi) is 4.45. The SMILES string of the molecule is NC(=O)c1ccc(OCc2ccc(Br)cc2)c(Cl)c1. The summed E-state index contributed by atoms with van der Waals surface area (Å²) in [5.74, 6) is 0.0101. The lowest BCUT2D eigenvalue weighted by Crippen LogP contribution is -2.10. The zero-order chi connectivity index (χ0) is 13.8. The van der Waals surface area contributed by atoms with Gasteiger partial charge in [0.05, 0.1) is 5.02 Å². The Balaban J connectivity index is 2.07. The summed E-state index contributed by atoms with van der Waals surface area (Å²) in [5, 5.41) is 0.369. The van der Waals surface area contributed by atoms with E-state index in [1.54, 1.807) is 12.1 Å². The Labute approximate surface area is 124 Å². The molecule has 0 bridgehead atoms. The van der Waals surface area contributed by atoms with E-state index in [-0.39, 0.29) is 0 Å². The van der Waals surface area contributed by atoms with Gasteiger partial charge in [-0.3, -0.25) is 4.79 Å². The smallest absolute Gasteiger partial charge is 0.248 e. The maximum absolute atomic E-state index is 11.0. The number of nitrogens with two attached hydrogens (primary N) is 1. The minimum absolute atomic E-state index is 0.362. The second-order valence-electron chi connectivity index (χ2n) is 3.92. The summed E-state index contributed by atoms with van der Waals surface area (Å²) in [4.78, 5) is 11.0. The average Bonchev–Trinajstić information content (AvgIpc) is 2.39. The van der Waals surface area contributed by atoms with E-state index in [1.807, 2.05) is 24.3 Å². The molecule has 19 heavy (non-hydrogen) atoms. The van der Waals surface area contributed by atoms with Crippen molar-refractivity contribution in [1.29, 1.82) is 0 Å². The van der Waals surface area contributed by atoms with Crippen LogP contribution in [0.5, 0.6) is 5.75 Å². The Morgan fingerprint density at radius 1 is 1.21 bits per heavy atom. The number of hydrogen-bond donors (Lipinski definition) is 1. The van der Waals surface area contributed by atoms with Gasteiger partial charge >= 0.3 is 0 Å². The molecular formula is C14H11BrClNO2. The van der Waals surface area contributed by atoms with Gasteiger partial charge in [-0.2, -0.15) is 0 Å². The zero-order valence-electron chi connectivity index (χ0n) is 9.90. The molecular weight excluding hydrogens is 330 g/mol. The summed E-state index contributed by atoms with van der Waals surface area (Å²) in [6.45, 7) is 0.406. The first kappa shape index (κ1) is 13.9. The van der Waals surface area contributed by atoms with Crippen LogP contribution in [0.3, 0.4) is 0 Å². The molecule has 98 valence electrons. The highest BCUT2D eigenvalue weighted by Gasteiger charge is 2.06. The first-order valence-corrected chi connectivity index (χ1v) is 6.70. The van der Waals surface area contributed by atoms with Crippen LogP contribution in [-0.2, 0) is 6.61 Å². The van der Waals surface area contributed by atoms with Crippen LogP contribution in [-0.4, -0.2) is 5.91 Å². The fourth-order valence-electron chi connectivity index (χ4n) is 1.51. The monoisotopic (exact) mass is 339 g/mol. The maximum Gasteiger partial charge on any atom is 0.248 e. The first-order valence-electron chi connectivity index (χ1n) is 5.53. The van der Waals surface area contributed by atoms with Gasteiger partial charge in [-0.1, -0.05) is 39.7 Å². The predicted octanol–water partition coefficient (Wildman–Crippen LogP) is 3.78. The predicted molar refractivity (Wildman–Crippen MR) is 78.4 cm³/mol. The van der Waals surface area contributed by atoms with Crippen molar-refractivity contribution in [1.82, 2.24) is 0 Å². The Hall–Kier alpha value is -1.52. The molecule has 2 rings (SSSR count). The standard InChI is InChI=1S/C14H11BrClNO2/c15-11-4-1-9(2-5-11)8-19-13-6-3-10(14(17)18)7-12(13)16/h1-7H,8H2,(H2,17,18). The van der Waals surface area contributed by atoms with Gasteiger partial charge in [0.2, 0.25) is 5.91 Å². The van der Waals surface area contributed by atoms with Crippen LogP contribution in [0.25, 0.3) is 0 Å². The largest absolute Gasteiger partial charge is 0.487 e. The number of ether oxygens (including phenoxy) is 1. The summed E-state index contributed by atoms with van der Waals surface area (Å²) in [6.07, 6.45) is 0. The number of amides is 1. The van der Waals surface area contributed by atoms with E-state index in [9.17, 15) is 4.79 Å². The number of rotatable bonds is 4. The highest BCUT2D eigenvalue weighted by molar-refractivity contribution is 9.10. The molecule has 0 heterocycles. The van der Waals surface area contributed by atoms with Crippen molar-refractivity contribution in [3.63, 3.8) is 0 Å². The zero-order valence-corrected chi connectivity index (χ0v) is 12.2. The second-order valence-corrected chi connectivity index (χ2v) is 5.25. The Morgan fingerprint density at radius 3 is 2.47 bits per heavy atom. The van der Waals surface area contributed by atoms with E-state index in [4.69, 9.17) is 22.1 Å². The van der Waals surface area contributed by atoms with E-state index in [0.717, 1.165) is 10.0 Å². The van der Waals surface area contributed by atoms with Gasteiger partial charge in [0.1, 0.15) is 12.4 Å². The fraction of sp³-hybridized carbons (Fsp3) is 0.0714. The van der Waals surface area contributed by atoms with Crippen LogP contribution < -0.4 is 10.5 Å². The van der Waals surface area contributed by atoms with Gasteiger partial charge in [0, 0.05) is 10.0 Å². The van der Waals surface area contributed by atoms with Gasteiger partial charge in [0.25, 0.3) is 0 Å². The molecule has 0 saturated carbocycles. The second kappa shape index (κ2) is 6.08. The lowest BCUT2D eigenvalue weighted by molar-refractivity contribution is 0.100.